The predicted octanol–water partition coefficient (Wildman–Crippen LogP) is 2.05. The molecule has 0 aliphatic rings. The molecule has 1 atom stereocenters. The molecule has 0 aliphatic carbocycles. The van der Waals surface area contributed by atoms with Crippen molar-refractivity contribution < 1.29 is 2.74 Å². The van der Waals surface area contributed by atoms with Gasteiger partial charge in [0.15, 0.2) is 0 Å². The lowest BCUT2D eigenvalue weighted by atomic mass is 10.2. The van der Waals surface area contributed by atoms with Crippen molar-refractivity contribution in [3.63, 3.8) is 0 Å². The summed E-state index contributed by atoms with van der Waals surface area (Å²) in [6.45, 7) is 2.94. The standard InChI is InChI=1S/C5H12/c1-4-5(2)3/h5H,4H2,1-3H3/i1D,2D. The zero-order valence-electron chi connectivity index (χ0n) is 5.70. The van der Waals surface area contributed by atoms with Crippen LogP contribution in [-0.4, -0.2) is 0 Å². The summed E-state index contributed by atoms with van der Waals surface area (Å²) in [6.07, 6.45) is 0.878. The second kappa shape index (κ2) is 2.25. The monoisotopic (exact) mass is 74.1 g/mol. The van der Waals surface area contributed by atoms with E-state index in [0.29, 0.717) is 19.7 Å². The minimum atomic E-state index is 0.428. The van der Waals surface area contributed by atoms with Crippen molar-refractivity contribution in [2.75, 3.05) is 0 Å². The van der Waals surface area contributed by atoms with Crippen LogP contribution in [0.25, 0.3) is 0 Å². The van der Waals surface area contributed by atoms with E-state index < -0.39 is 0 Å². The Morgan fingerprint density at radius 2 is 2.80 bits per heavy atom. The normalized spacial score (nSPS) is 20.2. The smallest absolute Gasteiger partial charge is 0.0233 e. The molecule has 0 aromatic heterocycles. The highest BCUT2D eigenvalue weighted by molar-refractivity contribution is 4.32. The summed E-state index contributed by atoms with van der Waals surface area (Å²) < 4.78 is 13.6. The molecule has 0 heteroatoms. The molecule has 0 heterocycles. The summed E-state index contributed by atoms with van der Waals surface area (Å²) in [6, 6.07) is 0. The van der Waals surface area contributed by atoms with E-state index in [2.05, 4.69) is 0 Å². The third-order valence-electron chi connectivity index (χ3n) is 0.493. The molecule has 0 rings (SSSR count). The summed E-state index contributed by atoms with van der Waals surface area (Å²) in [4.78, 5) is 0. The van der Waals surface area contributed by atoms with Gasteiger partial charge in [-0.1, -0.05) is 27.1 Å². The van der Waals surface area contributed by atoms with Crippen molar-refractivity contribution in [2.24, 2.45) is 5.92 Å². The first-order valence-electron chi connectivity index (χ1n) is 3.31. The first-order valence-corrected chi connectivity index (χ1v) is 1.89. The van der Waals surface area contributed by atoms with Gasteiger partial charge in [0, 0.05) is 2.74 Å². The Balaban J connectivity index is 2.83. The molecule has 0 saturated carbocycles. The van der Waals surface area contributed by atoms with Crippen LogP contribution in [0.1, 0.15) is 29.9 Å². The molecule has 0 aliphatic heterocycles. The molecule has 0 nitrogen and oxygen atoms in total. The van der Waals surface area contributed by atoms with Gasteiger partial charge < -0.3 is 0 Å². The Kier molecular flexibility index (Phi) is 1.00. The van der Waals surface area contributed by atoms with Crippen LogP contribution in [0.4, 0.5) is 0 Å². The Labute approximate surface area is 37.0 Å². The fourth-order valence-corrected chi connectivity index (χ4v) is 0. The van der Waals surface area contributed by atoms with Gasteiger partial charge in [-0.15, -0.1) is 0 Å². The highest BCUT2D eigenvalue weighted by Crippen LogP contribution is 1.93. The van der Waals surface area contributed by atoms with E-state index in [9.17, 15) is 0 Å². The van der Waals surface area contributed by atoms with Crippen LogP contribution in [0.2, 0.25) is 0 Å². The largest absolute Gasteiger partial charge is 0.0651 e. The average Bonchev–Trinajstić information content (AvgIpc) is 1.68. The lowest BCUT2D eigenvalue weighted by Gasteiger charge is -1.90. The van der Waals surface area contributed by atoms with E-state index in [-0.39, 0.29) is 0 Å². The second-order valence-electron chi connectivity index (χ2n) is 1.39. The molecular formula is C5H12. The van der Waals surface area contributed by atoms with Crippen LogP contribution in [0.15, 0.2) is 0 Å². The lowest BCUT2D eigenvalue weighted by molar-refractivity contribution is 0.626. The zero-order valence-corrected chi connectivity index (χ0v) is 3.70. The van der Waals surface area contributed by atoms with Crippen LogP contribution < -0.4 is 0 Å². The predicted molar refractivity (Wildman–Crippen MR) is 25.1 cm³/mol. The Morgan fingerprint density at radius 1 is 2.00 bits per heavy atom. The molecule has 0 amide bonds. The molecule has 0 radical (unpaired) electrons. The second-order valence-corrected chi connectivity index (χ2v) is 1.39. The lowest BCUT2D eigenvalue weighted by Crippen LogP contribution is -1.77. The first-order chi connectivity index (χ1) is 3.31. The van der Waals surface area contributed by atoms with Gasteiger partial charge in [0.1, 0.15) is 0 Å². The van der Waals surface area contributed by atoms with Crippen molar-refractivity contribution in [3.05, 3.63) is 0 Å². The van der Waals surface area contributed by atoms with Gasteiger partial charge in [-0.05, 0) is 5.92 Å². The van der Waals surface area contributed by atoms with E-state index in [1.165, 1.54) is 0 Å². The molecule has 0 bridgehead atoms. The molecular weight excluding hydrogens is 60.1 g/mol. The van der Waals surface area contributed by atoms with E-state index in [1.807, 2.05) is 6.92 Å². The average molecular weight is 74.2 g/mol. The molecule has 0 aromatic carbocycles. The van der Waals surface area contributed by atoms with Crippen LogP contribution in [0, 0.1) is 5.92 Å². The maximum atomic E-state index is 6.83. The van der Waals surface area contributed by atoms with Crippen molar-refractivity contribution in [2.45, 2.75) is 27.1 Å². The van der Waals surface area contributed by atoms with Crippen LogP contribution in [0.5, 0.6) is 0 Å². The Bertz CT molecular complexity index is 37.1. The van der Waals surface area contributed by atoms with E-state index in [1.54, 1.807) is 0 Å². The minimum Gasteiger partial charge on any atom is -0.0651 e. The molecule has 5 heavy (non-hydrogen) atoms. The fraction of sp³-hybridized carbons (Fsp3) is 1.00. The number of rotatable bonds is 1. The van der Waals surface area contributed by atoms with Crippen molar-refractivity contribution in [1.29, 1.82) is 0 Å². The van der Waals surface area contributed by atoms with Gasteiger partial charge in [0.2, 0.25) is 0 Å². The summed E-state index contributed by atoms with van der Waals surface area (Å²) in [5, 5.41) is 0. The fourth-order valence-electron chi connectivity index (χ4n) is 0. The van der Waals surface area contributed by atoms with Gasteiger partial charge in [-0.2, -0.15) is 0 Å². The van der Waals surface area contributed by atoms with E-state index in [4.69, 9.17) is 2.74 Å². The molecule has 32 valence electrons. The zero-order chi connectivity index (χ0) is 5.70. The maximum Gasteiger partial charge on any atom is 0.0233 e. The van der Waals surface area contributed by atoms with Gasteiger partial charge >= 0.3 is 0 Å². The first kappa shape index (κ1) is 2.22. The number of hydrogen-bond acceptors (Lipinski definition) is 0. The summed E-state index contributed by atoms with van der Waals surface area (Å²) in [5.74, 6) is 0.428. The van der Waals surface area contributed by atoms with Crippen LogP contribution in [0.3, 0.4) is 0 Å². The minimum absolute atomic E-state index is 0.428. The van der Waals surface area contributed by atoms with Crippen LogP contribution >= 0.6 is 0 Å². The van der Waals surface area contributed by atoms with E-state index in [0.717, 1.165) is 6.42 Å². The molecule has 0 N–H and O–H groups in total. The van der Waals surface area contributed by atoms with Gasteiger partial charge in [-0.25, -0.2) is 0 Å². The molecule has 0 saturated heterocycles. The molecule has 0 fully saturated rings. The van der Waals surface area contributed by atoms with Crippen molar-refractivity contribution in [3.8, 4) is 0 Å². The topological polar surface area (TPSA) is 0 Å². The van der Waals surface area contributed by atoms with Gasteiger partial charge in [0.05, 0.1) is 0 Å². The SMILES string of the molecule is [2H]CCC(C)C[2H]. The van der Waals surface area contributed by atoms with Gasteiger partial charge in [0.25, 0.3) is 0 Å². The highest BCUT2D eigenvalue weighted by atomic mass is 13.9. The molecule has 1 unspecified atom stereocenters. The quantitative estimate of drug-likeness (QED) is 0.446. The third-order valence-corrected chi connectivity index (χ3v) is 0.493. The van der Waals surface area contributed by atoms with Crippen LogP contribution in [-0.2, 0) is 0 Å². The van der Waals surface area contributed by atoms with Gasteiger partial charge in [-0.3, -0.25) is 0 Å². The Hall–Kier alpha value is 0. The maximum absolute atomic E-state index is 6.83. The van der Waals surface area contributed by atoms with Crippen molar-refractivity contribution >= 4 is 0 Å². The van der Waals surface area contributed by atoms with E-state index >= 15 is 0 Å². The summed E-state index contributed by atoms with van der Waals surface area (Å²) >= 11 is 0. The summed E-state index contributed by atoms with van der Waals surface area (Å²) in [5.41, 5.74) is 0. The molecule has 0 spiro atoms. The van der Waals surface area contributed by atoms with Crippen molar-refractivity contribution in [1.82, 2.24) is 0 Å². The Morgan fingerprint density at radius 3 is 3.00 bits per heavy atom. The third kappa shape index (κ3) is 4.00. The number of hydrogen-bond donors (Lipinski definition) is 0. The molecule has 0 aromatic rings. The highest BCUT2D eigenvalue weighted by Gasteiger charge is 1.80. The summed E-state index contributed by atoms with van der Waals surface area (Å²) in [7, 11) is 0.